The molecule has 74 valence electrons. The van der Waals surface area contributed by atoms with Crippen molar-refractivity contribution in [3.63, 3.8) is 0 Å². The lowest BCUT2D eigenvalue weighted by molar-refractivity contribution is 0.0823. The van der Waals surface area contributed by atoms with E-state index in [4.69, 9.17) is 4.78 Å². The summed E-state index contributed by atoms with van der Waals surface area (Å²) in [5.74, 6) is 0. The Morgan fingerprint density at radius 3 is 2.46 bits per heavy atom. The topological polar surface area (TPSA) is 74.0 Å². The third-order valence-electron chi connectivity index (χ3n) is 1.42. The van der Waals surface area contributed by atoms with Crippen LogP contribution in [-0.2, 0) is 15.3 Å². The van der Waals surface area contributed by atoms with Crippen LogP contribution in [0.2, 0.25) is 0 Å². The van der Waals surface area contributed by atoms with E-state index in [0.29, 0.717) is 4.88 Å². The Kier molecular flexibility index (Phi) is 2.48. The third-order valence-corrected chi connectivity index (χ3v) is 4.50. The van der Waals surface area contributed by atoms with Crippen LogP contribution in [0.1, 0.15) is 18.7 Å². The van der Waals surface area contributed by atoms with Crippen LogP contribution in [0.25, 0.3) is 0 Å². The van der Waals surface area contributed by atoms with Gasteiger partial charge in [-0.2, -0.15) is 0 Å². The number of nitrogens with one attached hydrogen (secondary N) is 1. The number of aliphatic hydroxyl groups is 1. The van der Waals surface area contributed by atoms with Crippen molar-refractivity contribution in [1.29, 1.82) is 4.78 Å². The highest BCUT2D eigenvalue weighted by Gasteiger charge is 2.21. The second-order valence-electron chi connectivity index (χ2n) is 3.39. The number of aromatic nitrogens is 1. The van der Waals surface area contributed by atoms with Gasteiger partial charge in [0.1, 0.15) is 0 Å². The van der Waals surface area contributed by atoms with Crippen molar-refractivity contribution in [2.45, 2.75) is 23.8 Å². The molecule has 1 heterocycles. The molecule has 1 unspecified atom stereocenters. The summed E-state index contributed by atoms with van der Waals surface area (Å²) in [6.45, 7) is 3.26. The van der Waals surface area contributed by atoms with E-state index in [0.717, 1.165) is 11.3 Å². The highest BCUT2D eigenvalue weighted by Crippen LogP contribution is 2.27. The quantitative estimate of drug-likeness (QED) is 0.791. The minimum absolute atomic E-state index is 0.268. The van der Waals surface area contributed by atoms with Crippen LogP contribution in [0.3, 0.4) is 0 Å². The fourth-order valence-electron chi connectivity index (χ4n) is 0.721. The van der Waals surface area contributed by atoms with Crippen LogP contribution in [0, 0.1) is 4.78 Å². The summed E-state index contributed by atoms with van der Waals surface area (Å²) in [7, 11) is -2.75. The molecule has 2 N–H and O–H groups in total. The Bertz CT molecular complexity index is 400. The average molecular weight is 220 g/mol. The van der Waals surface area contributed by atoms with Gasteiger partial charge in [0.15, 0.2) is 4.34 Å². The van der Waals surface area contributed by atoms with Crippen LogP contribution in [0.15, 0.2) is 10.5 Å². The number of hydrogen-bond donors (Lipinski definition) is 2. The minimum atomic E-state index is -2.75. The van der Waals surface area contributed by atoms with Crippen LogP contribution < -0.4 is 0 Å². The van der Waals surface area contributed by atoms with E-state index < -0.39 is 15.3 Å². The first-order chi connectivity index (χ1) is 5.71. The molecule has 4 nitrogen and oxygen atoms in total. The monoisotopic (exact) mass is 220 g/mol. The Morgan fingerprint density at radius 2 is 2.23 bits per heavy atom. The maximum Gasteiger partial charge on any atom is 0.189 e. The van der Waals surface area contributed by atoms with Crippen LogP contribution in [0.5, 0.6) is 0 Å². The zero-order valence-corrected chi connectivity index (χ0v) is 9.33. The molecule has 0 saturated carbocycles. The molecule has 1 rings (SSSR count). The van der Waals surface area contributed by atoms with E-state index in [1.165, 1.54) is 12.5 Å². The Morgan fingerprint density at radius 1 is 1.69 bits per heavy atom. The fraction of sp³-hybridized carbons (Fsp3) is 0.571. The summed E-state index contributed by atoms with van der Waals surface area (Å²) in [5.41, 5.74) is -0.972. The number of nitrogens with zero attached hydrogens (tertiary/aromatic N) is 1. The van der Waals surface area contributed by atoms with Gasteiger partial charge in [-0.05, 0) is 13.8 Å². The maximum absolute atomic E-state index is 11.3. The Balaban J connectivity index is 3.16. The summed E-state index contributed by atoms with van der Waals surface area (Å²) in [5, 5.41) is 9.58. The van der Waals surface area contributed by atoms with Gasteiger partial charge in [0.05, 0.1) is 20.2 Å². The molecule has 0 saturated heterocycles. The normalized spacial score (nSPS) is 16.9. The van der Waals surface area contributed by atoms with Gasteiger partial charge in [0.25, 0.3) is 0 Å². The van der Waals surface area contributed by atoms with Gasteiger partial charge >= 0.3 is 0 Å². The molecule has 0 aliphatic rings. The zero-order chi connectivity index (χ0) is 10.3. The van der Waals surface area contributed by atoms with Crippen molar-refractivity contribution < 1.29 is 9.32 Å². The molecular weight excluding hydrogens is 208 g/mol. The lowest BCUT2D eigenvalue weighted by atomic mass is 10.1. The molecule has 0 aliphatic carbocycles. The molecule has 1 aromatic rings. The summed E-state index contributed by atoms with van der Waals surface area (Å²) < 4.78 is 18.8. The van der Waals surface area contributed by atoms with Crippen molar-refractivity contribution in [3.8, 4) is 0 Å². The lowest BCUT2D eigenvalue weighted by Crippen LogP contribution is -2.12. The molecule has 0 aromatic carbocycles. The van der Waals surface area contributed by atoms with E-state index in [9.17, 15) is 9.32 Å². The predicted molar refractivity (Wildman–Crippen MR) is 52.4 cm³/mol. The van der Waals surface area contributed by atoms with Gasteiger partial charge in [-0.25, -0.2) is 14.0 Å². The molecule has 13 heavy (non-hydrogen) atoms. The molecule has 0 aliphatic heterocycles. The standard InChI is InChI=1S/C7H12N2O2S2/c1-7(2,10)5-4-9-6(12-5)13(3,8)11/h4,8,10H,1-3H3. The van der Waals surface area contributed by atoms with Gasteiger partial charge in [0.2, 0.25) is 0 Å². The van der Waals surface area contributed by atoms with E-state index in [1.807, 2.05) is 0 Å². The van der Waals surface area contributed by atoms with Crippen LogP contribution >= 0.6 is 11.3 Å². The lowest BCUT2D eigenvalue weighted by Gasteiger charge is -2.12. The van der Waals surface area contributed by atoms with Crippen LogP contribution in [-0.4, -0.2) is 20.6 Å². The zero-order valence-electron chi connectivity index (χ0n) is 7.70. The SMILES string of the molecule is CC(C)(O)c1cnc(S(C)(=N)=O)s1. The smallest absolute Gasteiger partial charge is 0.189 e. The molecular formula is C7H12N2O2S2. The molecule has 0 amide bonds. The summed E-state index contributed by atoms with van der Waals surface area (Å²) in [6, 6.07) is 0. The molecule has 0 spiro atoms. The highest BCUT2D eigenvalue weighted by atomic mass is 32.2. The maximum atomic E-state index is 11.3. The van der Waals surface area contributed by atoms with Gasteiger partial charge in [-0.3, -0.25) is 0 Å². The number of hydrogen-bond acceptors (Lipinski definition) is 5. The second-order valence-corrected chi connectivity index (χ2v) is 6.76. The highest BCUT2D eigenvalue weighted by molar-refractivity contribution is 7.93. The summed E-state index contributed by atoms with van der Waals surface area (Å²) in [4.78, 5) is 4.48. The van der Waals surface area contributed by atoms with E-state index in [1.54, 1.807) is 13.8 Å². The first-order valence-corrected chi connectivity index (χ1v) is 6.42. The van der Waals surface area contributed by atoms with Crippen molar-refractivity contribution in [3.05, 3.63) is 11.1 Å². The van der Waals surface area contributed by atoms with E-state index in [-0.39, 0.29) is 4.34 Å². The van der Waals surface area contributed by atoms with Gasteiger partial charge in [0, 0.05) is 12.5 Å². The average Bonchev–Trinajstić information content (AvgIpc) is 2.28. The van der Waals surface area contributed by atoms with Gasteiger partial charge in [-0.1, -0.05) is 0 Å². The van der Waals surface area contributed by atoms with E-state index in [2.05, 4.69) is 4.98 Å². The Labute approximate surface area is 81.6 Å². The largest absolute Gasteiger partial charge is 0.385 e. The molecule has 0 radical (unpaired) electrons. The first kappa shape index (κ1) is 10.6. The predicted octanol–water partition coefficient (Wildman–Crippen LogP) is 1.41. The first-order valence-electron chi connectivity index (χ1n) is 3.64. The third kappa shape index (κ3) is 2.49. The molecule has 1 aromatic heterocycles. The Hall–Kier alpha value is -0.460. The number of rotatable bonds is 2. The second kappa shape index (κ2) is 3.04. The van der Waals surface area contributed by atoms with Crippen molar-refractivity contribution in [1.82, 2.24) is 4.98 Å². The van der Waals surface area contributed by atoms with Gasteiger partial charge in [-0.15, -0.1) is 11.3 Å². The molecule has 0 bridgehead atoms. The molecule has 1 atom stereocenters. The fourth-order valence-corrected chi connectivity index (χ4v) is 2.53. The number of thiazole rings is 1. The summed E-state index contributed by atoms with van der Waals surface area (Å²) in [6.07, 6.45) is 2.79. The van der Waals surface area contributed by atoms with Crippen molar-refractivity contribution in [2.75, 3.05) is 6.26 Å². The minimum Gasteiger partial charge on any atom is -0.385 e. The van der Waals surface area contributed by atoms with Crippen molar-refractivity contribution >= 4 is 21.1 Å². The molecule has 6 heteroatoms. The summed E-state index contributed by atoms with van der Waals surface area (Å²) >= 11 is 1.12. The van der Waals surface area contributed by atoms with Crippen LogP contribution in [0.4, 0.5) is 0 Å². The van der Waals surface area contributed by atoms with Crippen molar-refractivity contribution in [2.24, 2.45) is 0 Å². The van der Waals surface area contributed by atoms with E-state index >= 15 is 0 Å². The molecule has 0 fully saturated rings. The van der Waals surface area contributed by atoms with Gasteiger partial charge < -0.3 is 5.11 Å².